The van der Waals surface area contributed by atoms with E-state index in [1.165, 1.54) is 0 Å². The van der Waals surface area contributed by atoms with Gasteiger partial charge in [-0.05, 0) is 24.9 Å². The first-order valence-corrected chi connectivity index (χ1v) is 6.05. The molecule has 0 heterocycles. The van der Waals surface area contributed by atoms with Crippen molar-refractivity contribution in [3.8, 4) is 0 Å². The molecule has 0 aromatic heterocycles. The van der Waals surface area contributed by atoms with Crippen molar-refractivity contribution >= 4 is 29.3 Å². The summed E-state index contributed by atoms with van der Waals surface area (Å²) >= 11 is 7.24. The van der Waals surface area contributed by atoms with Crippen molar-refractivity contribution < 1.29 is 4.79 Å². The van der Waals surface area contributed by atoms with Gasteiger partial charge in [-0.15, -0.1) is 11.6 Å². The molecule has 0 aliphatic carbocycles. The van der Waals surface area contributed by atoms with Crippen LogP contribution in [-0.4, -0.2) is 30.3 Å². The van der Waals surface area contributed by atoms with Crippen molar-refractivity contribution in [2.45, 2.75) is 19.3 Å². The SMILES string of the molecule is CSCCCNC(=O)CCCCl. The van der Waals surface area contributed by atoms with Crippen LogP contribution >= 0.6 is 23.4 Å². The minimum Gasteiger partial charge on any atom is -0.356 e. The second-order valence-electron chi connectivity index (χ2n) is 2.49. The lowest BCUT2D eigenvalue weighted by Gasteiger charge is -2.02. The highest BCUT2D eigenvalue weighted by molar-refractivity contribution is 7.98. The molecule has 72 valence electrons. The van der Waals surface area contributed by atoms with E-state index in [0.29, 0.717) is 12.3 Å². The van der Waals surface area contributed by atoms with E-state index in [1.807, 2.05) is 0 Å². The van der Waals surface area contributed by atoms with Crippen LogP contribution < -0.4 is 5.32 Å². The second kappa shape index (κ2) is 9.20. The molecular formula is C8H16ClNOS. The third kappa shape index (κ3) is 8.21. The molecule has 0 aromatic rings. The topological polar surface area (TPSA) is 29.1 Å². The third-order valence-electron chi connectivity index (χ3n) is 1.38. The van der Waals surface area contributed by atoms with E-state index in [9.17, 15) is 4.79 Å². The number of thioether (sulfide) groups is 1. The fourth-order valence-corrected chi connectivity index (χ4v) is 1.33. The Morgan fingerprint density at radius 3 is 2.83 bits per heavy atom. The van der Waals surface area contributed by atoms with Crippen molar-refractivity contribution in [1.82, 2.24) is 5.32 Å². The summed E-state index contributed by atoms with van der Waals surface area (Å²) in [5.41, 5.74) is 0. The fraction of sp³-hybridized carbons (Fsp3) is 0.875. The highest BCUT2D eigenvalue weighted by atomic mass is 35.5. The number of rotatable bonds is 7. The summed E-state index contributed by atoms with van der Waals surface area (Å²) in [5.74, 6) is 1.80. The average Bonchev–Trinajstić information content (AvgIpc) is 2.09. The van der Waals surface area contributed by atoms with Gasteiger partial charge >= 0.3 is 0 Å². The molecule has 0 spiro atoms. The lowest BCUT2D eigenvalue weighted by molar-refractivity contribution is -0.121. The number of halogens is 1. The van der Waals surface area contributed by atoms with Crippen LogP contribution in [0, 0.1) is 0 Å². The van der Waals surface area contributed by atoms with Crippen molar-refractivity contribution in [2.24, 2.45) is 0 Å². The van der Waals surface area contributed by atoms with Crippen LogP contribution in [0.4, 0.5) is 0 Å². The van der Waals surface area contributed by atoms with Gasteiger partial charge in [-0.1, -0.05) is 0 Å². The van der Waals surface area contributed by atoms with Crippen LogP contribution in [0.25, 0.3) is 0 Å². The molecule has 0 fully saturated rings. The van der Waals surface area contributed by atoms with Crippen LogP contribution in [0.1, 0.15) is 19.3 Å². The van der Waals surface area contributed by atoms with Gasteiger partial charge in [0.1, 0.15) is 0 Å². The minimum absolute atomic E-state index is 0.122. The van der Waals surface area contributed by atoms with Crippen LogP contribution in [-0.2, 0) is 4.79 Å². The highest BCUT2D eigenvalue weighted by Crippen LogP contribution is 1.94. The van der Waals surface area contributed by atoms with E-state index in [4.69, 9.17) is 11.6 Å². The normalized spacial score (nSPS) is 9.83. The molecule has 0 radical (unpaired) electrons. The molecule has 1 amide bonds. The molecule has 0 rings (SSSR count). The number of alkyl halides is 1. The Morgan fingerprint density at radius 2 is 2.25 bits per heavy atom. The van der Waals surface area contributed by atoms with E-state index in [1.54, 1.807) is 11.8 Å². The largest absolute Gasteiger partial charge is 0.356 e. The van der Waals surface area contributed by atoms with E-state index in [-0.39, 0.29) is 5.91 Å². The Kier molecular flexibility index (Phi) is 9.28. The number of amides is 1. The van der Waals surface area contributed by atoms with Crippen LogP contribution in [0.2, 0.25) is 0 Å². The molecule has 0 aliphatic rings. The van der Waals surface area contributed by atoms with Gasteiger partial charge in [-0.25, -0.2) is 0 Å². The number of carbonyl (C=O) groups excluding carboxylic acids is 1. The molecule has 0 bridgehead atoms. The predicted molar refractivity (Wildman–Crippen MR) is 56.0 cm³/mol. The second-order valence-corrected chi connectivity index (χ2v) is 3.85. The predicted octanol–water partition coefficient (Wildman–Crippen LogP) is 1.87. The number of hydrogen-bond acceptors (Lipinski definition) is 2. The Labute approximate surface area is 83.4 Å². The van der Waals surface area contributed by atoms with Gasteiger partial charge in [-0.3, -0.25) is 4.79 Å². The Hall–Kier alpha value is 0.110. The van der Waals surface area contributed by atoms with Crippen molar-refractivity contribution in [3.05, 3.63) is 0 Å². The maximum Gasteiger partial charge on any atom is 0.220 e. The molecule has 0 aliphatic heterocycles. The van der Waals surface area contributed by atoms with E-state index >= 15 is 0 Å². The molecule has 0 saturated carbocycles. The van der Waals surface area contributed by atoms with E-state index in [2.05, 4.69) is 11.6 Å². The zero-order valence-corrected chi connectivity index (χ0v) is 9.01. The lowest BCUT2D eigenvalue weighted by atomic mass is 10.3. The van der Waals surface area contributed by atoms with Crippen LogP contribution in [0.3, 0.4) is 0 Å². The maximum absolute atomic E-state index is 11.0. The summed E-state index contributed by atoms with van der Waals surface area (Å²) < 4.78 is 0. The summed E-state index contributed by atoms with van der Waals surface area (Å²) in [5, 5.41) is 2.84. The van der Waals surface area contributed by atoms with Gasteiger partial charge in [-0.2, -0.15) is 11.8 Å². The summed E-state index contributed by atoms with van der Waals surface area (Å²) in [4.78, 5) is 11.0. The van der Waals surface area contributed by atoms with Gasteiger partial charge in [0.15, 0.2) is 0 Å². The monoisotopic (exact) mass is 209 g/mol. The molecule has 1 N–H and O–H groups in total. The first-order valence-electron chi connectivity index (χ1n) is 4.13. The highest BCUT2D eigenvalue weighted by Gasteiger charge is 1.98. The number of hydrogen-bond donors (Lipinski definition) is 1. The first kappa shape index (κ1) is 12.1. The van der Waals surface area contributed by atoms with Crippen molar-refractivity contribution in [1.29, 1.82) is 0 Å². The molecule has 0 aromatic carbocycles. The quantitative estimate of drug-likeness (QED) is 0.513. The third-order valence-corrected chi connectivity index (χ3v) is 2.35. The summed E-state index contributed by atoms with van der Waals surface area (Å²) in [6.45, 7) is 0.794. The first-order chi connectivity index (χ1) is 5.81. The maximum atomic E-state index is 11.0. The number of carbonyl (C=O) groups is 1. The number of nitrogens with one attached hydrogen (secondary N) is 1. The Balaban J connectivity index is 3.08. The molecule has 0 unspecified atom stereocenters. The van der Waals surface area contributed by atoms with E-state index < -0.39 is 0 Å². The van der Waals surface area contributed by atoms with Crippen molar-refractivity contribution in [2.75, 3.05) is 24.4 Å². The Bertz CT molecular complexity index is 122. The standard InChI is InChI=1S/C8H16ClNOS/c1-12-7-3-6-10-8(11)4-2-5-9/h2-7H2,1H3,(H,10,11). The molecule has 0 saturated heterocycles. The van der Waals surface area contributed by atoms with Gasteiger partial charge in [0.05, 0.1) is 0 Å². The van der Waals surface area contributed by atoms with Gasteiger partial charge in [0.25, 0.3) is 0 Å². The smallest absolute Gasteiger partial charge is 0.220 e. The molecule has 4 heteroatoms. The minimum atomic E-state index is 0.122. The van der Waals surface area contributed by atoms with Gasteiger partial charge < -0.3 is 5.32 Å². The Morgan fingerprint density at radius 1 is 1.50 bits per heavy atom. The summed E-state index contributed by atoms with van der Waals surface area (Å²) in [7, 11) is 0. The fourth-order valence-electron chi connectivity index (χ4n) is 0.760. The lowest BCUT2D eigenvalue weighted by Crippen LogP contribution is -2.24. The van der Waals surface area contributed by atoms with Crippen molar-refractivity contribution in [3.63, 3.8) is 0 Å². The summed E-state index contributed by atoms with van der Waals surface area (Å²) in [6.07, 6.45) is 4.45. The zero-order chi connectivity index (χ0) is 9.23. The molecule has 2 nitrogen and oxygen atoms in total. The van der Waals surface area contributed by atoms with Gasteiger partial charge in [0, 0.05) is 18.8 Å². The molecule has 12 heavy (non-hydrogen) atoms. The van der Waals surface area contributed by atoms with E-state index in [0.717, 1.165) is 25.1 Å². The van der Waals surface area contributed by atoms with Gasteiger partial charge in [0.2, 0.25) is 5.91 Å². The molecule has 0 atom stereocenters. The average molecular weight is 210 g/mol. The van der Waals surface area contributed by atoms with Crippen LogP contribution in [0.5, 0.6) is 0 Å². The van der Waals surface area contributed by atoms with Crippen LogP contribution in [0.15, 0.2) is 0 Å². The summed E-state index contributed by atoms with van der Waals surface area (Å²) in [6, 6.07) is 0. The molecular weight excluding hydrogens is 194 g/mol. The zero-order valence-electron chi connectivity index (χ0n) is 7.44.